The number of pyridine rings is 2. The van der Waals surface area contributed by atoms with Gasteiger partial charge in [0.1, 0.15) is 0 Å². The summed E-state index contributed by atoms with van der Waals surface area (Å²) >= 11 is 0. The van der Waals surface area contributed by atoms with Crippen molar-refractivity contribution in [3.05, 3.63) is 115 Å². The summed E-state index contributed by atoms with van der Waals surface area (Å²) in [5.41, 5.74) is 4.76. The van der Waals surface area contributed by atoms with E-state index in [9.17, 15) is 18.0 Å². The average molecular weight is 499 g/mol. The van der Waals surface area contributed by atoms with E-state index in [0.717, 1.165) is 39.9 Å². The van der Waals surface area contributed by atoms with Gasteiger partial charge >= 0.3 is 6.18 Å². The van der Waals surface area contributed by atoms with Gasteiger partial charge in [0.15, 0.2) is 0 Å². The maximum Gasteiger partial charge on any atom is 0.416 e. The van der Waals surface area contributed by atoms with Crippen LogP contribution >= 0.6 is 0 Å². The Kier molecular flexibility index (Phi) is 6.27. The number of benzene rings is 2. The van der Waals surface area contributed by atoms with Crippen molar-refractivity contribution in [2.75, 3.05) is 5.32 Å². The lowest BCUT2D eigenvalue weighted by molar-refractivity contribution is -0.137. The molecule has 9 heteroatoms. The van der Waals surface area contributed by atoms with E-state index in [0.29, 0.717) is 11.4 Å². The average Bonchev–Trinajstić information content (AvgIpc) is 3.40. The van der Waals surface area contributed by atoms with Crippen molar-refractivity contribution in [3.8, 4) is 27.9 Å². The first-order chi connectivity index (χ1) is 17.8. The predicted octanol–water partition coefficient (Wildman–Crippen LogP) is 6.58. The summed E-state index contributed by atoms with van der Waals surface area (Å²) in [4.78, 5) is 21.1. The maximum absolute atomic E-state index is 13.0. The molecule has 37 heavy (non-hydrogen) atoms. The van der Waals surface area contributed by atoms with Crippen molar-refractivity contribution in [2.24, 2.45) is 0 Å². The van der Waals surface area contributed by atoms with Crippen LogP contribution in [0.25, 0.3) is 27.9 Å². The maximum atomic E-state index is 13.0. The third-order valence-corrected chi connectivity index (χ3v) is 5.83. The van der Waals surface area contributed by atoms with Gasteiger partial charge < -0.3 is 5.32 Å². The number of nitrogens with zero attached hydrogens (tertiary/aromatic N) is 4. The van der Waals surface area contributed by atoms with Gasteiger partial charge in [-0.05, 0) is 66.6 Å². The first kappa shape index (κ1) is 23.9. The lowest BCUT2D eigenvalue weighted by Gasteiger charge is -2.12. The van der Waals surface area contributed by atoms with Crippen LogP contribution in [0.2, 0.25) is 0 Å². The van der Waals surface area contributed by atoms with Crippen LogP contribution in [0, 0.1) is 6.92 Å². The van der Waals surface area contributed by atoms with E-state index in [-0.39, 0.29) is 5.56 Å². The fourth-order valence-corrected chi connectivity index (χ4v) is 3.88. The lowest BCUT2D eigenvalue weighted by Crippen LogP contribution is -2.14. The predicted molar refractivity (Wildman–Crippen MR) is 134 cm³/mol. The largest absolute Gasteiger partial charge is 0.416 e. The molecule has 6 nitrogen and oxygen atoms in total. The highest BCUT2D eigenvalue weighted by Gasteiger charge is 2.30. The van der Waals surface area contributed by atoms with E-state index in [2.05, 4.69) is 20.4 Å². The standard InChI is InChI=1S/C28H20F3N5O/c1-18-5-6-25(35-27(37)20-3-2-4-24(12-20)28(29,30)31)13-26(18)36-17-23(16-34-36)22-11-21(14-33-15-22)19-7-9-32-10-8-19/h2-17H,1H3,(H,35,37). The summed E-state index contributed by atoms with van der Waals surface area (Å²) in [5.74, 6) is -0.638. The molecule has 0 spiro atoms. The van der Waals surface area contributed by atoms with Gasteiger partial charge in [-0.1, -0.05) is 12.1 Å². The molecule has 0 saturated heterocycles. The van der Waals surface area contributed by atoms with Gasteiger partial charge in [0, 0.05) is 58.9 Å². The zero-order valence-corrected chi connectivity index (χ0v) is 19.6. The normalized spacial score (nSPS) is 11.4. The molecule has 1 N–H and O–H groups in total. The number of carbonyl (C=O) groups excluding carboxylic acids is 1. The number of hydrogen-bond donors (Lipinski definition) is 1. The minimum Gasteiger partial charge on any atom is -0.322 e. The van der Waals surface area contributed by atoms with Crippen molar-refractivity contribution in [2.45, 2.75) is 13.1 Å². The molecule has 2 aromatic carbocycles. The number of aromatic nitrogens is 4. The van der Waals surface area contributed by atoms with Crippen molar-refractivity contribution in [1.29, 1.82) is 0 Å². The lowest BCUT2D eigenvalue weighted by atomic mass is 10.1. The first-order valence-corrected chi connectivity index (χ1v) is 11.3. The Morgan fingerprint density at radius 2 is 1.59 bits per heavy atom. The second-order valence-electron chi connectivity index (χ2n) is 8.41. The molecule has 1 amide bonds. The topological polar surface area (TPSA) is 72.7 Å². The number of anilines is 1. The molecular weight excluding hydrogens is 479 g/mol. The van der Waals surface area contributed by atoms with E-state index in [1.54, 1.807) is 47.8 Å². The van der Waals surface area contributed by atoms with Gasteiger partial charge in [-0.25, -0.2) is 4.68 Å². The molecule has 0 aliphatic heterocycles. The van der Waals surface area contributed by atoms with E-state index < -0.39 is 17.6 Å². The molecule has 0 aliphatic carbocycles. The fourth-order valence-electron chi connectivity index (χ4n) is 3.88. The third kappa shape index (κ3) is 5.25. The molecule has 0 aliphatic rings. The minimum absolute atomic E-state index is 0.0834. The summed E-state index contributed by atoms with van der Waals surface area (Å²) in [5, 5.41) is 7.16. The van der Waals surface area contributed by atoms with E-state index in [1.807, 2.05) is 37.4 Å². The molecule has 0 fully saturated rings. The molecule has 5 rings (SSSR count). The second-order valence-corrected chi connectivity index (χ2v) is 8.41. The first-order valence-electron chi connectivity index (χ1n) is 11.3. The molecule has 0 bridgehead atoms. The van der Waals surface area contributed by atoms with Crippen molar-refractivity contribution in [1.82, 2.24) is 19.7 Å². The summed E-state index contributed by atoms with van der Waals surface area (Å²) in [6.07, 6.45) is 6.03. The van der Waals surface area contributed by atoms with E-state index >= 15 is 0 Å². The highest BCUT2D eigenvalue weighted by molar-refractivity contribution is 6.04. The summed E-state index contributed by atoms with van der Waals surface area (Å²) in [6.45, 7) is 1.90. The smallest absolute Gasteiger partial charge is 0.322 e. The number of rotatable bonds is 5. The van der Waals surface area contributed by atoms with Crippen LogP contribution in [-0.2, 0) is 6.18 Å². The number of nitrogens with one attached hydrogen (secondary N) is 1. The fraction of sp³-hybridized carbons (Fsp3) is 0.0714. The molecule has 0 saturated carbocycles. The summed E-state index contributed by atoms with van der Waals surface area (Å²) in [6, 6.07) is 15.4. The van der Waals surface area contributed by atoms with Crippen LogP contribution < -0.4 is 5.32 Å². The van der Waals surface area contributed by atoms with Crippen LogP contribution in [0.1, 0.15) is 21.5 Å². The minimum atomic E-state index is -4.53. The molecular formula is C28H20F3N5O. The van der Waals surface area contributed by atoms with Crippen LogP contribution in [0.4, 0.5) is 18.9 Å². The van der Waals surface area contributed by atoms with E-state index in [4.69, 9.17) is 0 Å². The summed E-state index contributed by atoms with van der Waals surface area (Å²) < 4.78 is 40.8. The van der Waals surface area contributed by atoms with Crippen molar-refractivity contribution in [3.63, 3.8) is 0 Å². The second kappa shape index (κ2) is 9.69. The number of halogens is 3. The molecule has 184 valence electrons. The molecule has 3 heterocycles. The van der Waals surface area contributed by atoms with Gasteiger partial charge in [-0.3, -0.25) is 14.8 Å². The molecule has 3 aromatic heterocycles. The van der Waals surface area contributed by atoms with Gasteiger partial charge in [0.05, 0.1) is 17.4 Å². The van der Waals surface area contributed by atoms with Crippen LogP contribution in [0.3, 0.4) is 0 Å². The zero-order chi connectivity index (χ0) is 26.0. The zero-order valence-electron chi connectivity index (χ0n) is 19.6. The molecule has 5 aromatic rings. The summed E-state index contributed by atoms with van der Waals surface area (Å²) in [7, 11) is 0. The van der Waals surface area contributed by atoms with Crippen molar-refractivity contribution >= 4 is 11.6 Å². The number of aryl methyl sites for hydroxylation is 1. The van der Waals surface area contributed by atoms with Gasteiger partial charge in [0.25, 0.3) is 5.91 Å². The monoisotopic (exact) mass is 499 g/mol. The Morgan fingerprint density at radius 1 is 0.838 bits per heavy atom. The third-order valence-electron chi connectivity index (χ3n) is 5.83. The Hall–Kier alpha value is -4.79. The van der Waals surface area contributed by atoms with Crippen LogP contribution in [0.5, 0.6) is 0 Å². The van der Waals surface area contributed by atoms with Gasteiger partial charge in [-0.2, -0.15) is 18.3 Å². The van der Waals surface area contributed by atoms with Crippen molar-refractivity contribution < 1.29 is 18.0 Å². The Bertz CT molecular complexity index is 1580. The Labute approximate surface area is 210 Å². The SMILES string of the molecule is Cc1ccc(NC(=O)c2cccc(C(F)(F)F)c2)cc1-n1cc(-c2cncc(-c3ccncc3)c2)cn1. The Balaban J connectivity index is 1.40. The van der Waals surface area contributed by atoms with Gasteiger partial charge in [0.2, 0.25) is 0 Å². The highest BCUT2D eigenvalue weighted by atomic mass is 19.4. The number of alkyl halides is 3. The van der Waals surface area contributed by atoms with E-state index in [1.165, 1.54) is 12.1 Å². The number of amides is 1. The van der Waals surface area contributed by atoms with Crippen LogP contribution in [0.15, 0.2) is 97.8 Å². The van der Waals surface area contributed by atoms with Gasteiger partial charge in [-0.15, -0.1) is 0 Å². The quantitative estimate of drug-likeness (QED) is 0.297. The number of hydrogen-bond acceptors (Lipinski definition) is 4. The molecule has 0 atom stereocenters. The van der Waals surface area contributed by atoms with Crippen LogP contribution in [-0.4, -0.2) is 25.7 Å². The Morgan fingerprint density at radius 3 is 2.35 bits per heavy atom. The highest BCUT2D eigenvalue weighted by Crippen LogP contribution is 2.30. The molecule has 0 radical (unpaired) electrons. The molecule has 0 unspecified atom stereocenters. The number of carbonyl (C=O) groups is 1.